The van der Waals surface area contributed by atoms with E-state index in [4.69, 9.17) is 39.6 Å². The molecule has 0 fully saturated rings. The van der Waals surface area contributed by atoms with Crippen molar-refractivity contribution < 1.29 is 37.6 Å². The Kier molecular flexibility index (Phi) is 2.06. The minimum absolute atomic E-state index is 0.635. The lowest BCUT2D eigenvalue weighted by Crippen LogP contribution is -1.99. The van der Waals surface area contributed by atoms with E-state index in [2.05, 4.69) is 0 Å². The Morgan fingerprint density at radius 2 is 1.62 bits per heavy atom. The molecular formula is C16H15ClO4. The standard InChI is InChI=1S/C8H7ClO2.C8H8O2/c1-5-3-2-4-6(9)7(5)8(10)11;1-6-4-2-3-5-7(6)8(9)10/h2-4H,1H3,(H,10,11);2-5H,1H3,(H,9,10)/i1D3,2D,3D,4D;1D3,2D,3D,4D,5D. The van der Waals surface area contributed by atoms with E-state index in [1.807, 2.05) is 0 Å². The summed E-state index contributed by atoms with van der Waals surface area (Å²) in [4.78, 5) is 21.8. The van der Waals surface area contributed by atoms with Crippen molar-refractivity contribution in [3.8, 4) is 0 Å². The van der Waals surface area contributed by atoms with Gasteiger partial charge in [0.25, 0.3) is 0 Å². The second kappa shape index (κ2) is 7.45. The van der Waals surface area contributed by atoms with Gasteiger partial charge in [0.15, 0.2) is 0 Å². The molecule has 2 N–H and O–H groups in total. The molecule has 0 aliphatic heterocycles. The lowest BCUT2D eigenvalue weighted by molar-refractivity contribution is 0.0685. The van der Waals surface area contributed by atoms with Crippen LogP contribution in [0.5, 0.6) is 0 Å². The van der Waals surface area contributed by atoms with Gasteiger partial charge in [-0.3, -0.25) is 0 Å². The molecule has 0 heterocycles. The van der Waals surface area contributed by atoms with Gasteiger partial charge < -0.3 is 10.2 Å². The van der Waals surface area contributed by atoms with E-state index in [1.54, 1.807) is 0 Å². The number of rotatable bonds is 2. The van der Waals surface area contributed by atoms with Gasteiger partial charge in [-0.05, 0) is 36.9 Å². The Balaban J connectivity index is 0.000000340. The second-order valence-corrected chi connectivity index (χ2v) is 3.68. The third-order valence-electron chi connectivity index (χ3n) is 1.94. The number of hydrogen-bond donors (Lipinski definition) is 2. The zero-order valence-corrected chi connectivity index (χ0v) is 10.8. The van der Waals surface area contributed by atoms with Gasteiger partial charge in [0.1, 0.15) is 0 Å². The Bertz CT molecular complexity index is 1080. The minimum atomic E-state index is -2.91. The third kappa shape index (κ3) is 4.61. The van der Waals surface area contributed by atoms with Crippen molar-refractivity contribution in [3.63, 3.8) is 0 Å². The topological polar surface area (TPSA) is 74.6 Å². The van der Waals surface area contributed by atoms with Crippen LogP contribution in [0.4, 0.5) is 0 Å². The SMILES string of the molecule is [2H]c1c([2H])c(Cl)c(C(=O)O)c(C([2H])([2H])[2H])c1[2H].[2H]c1c([2H])c([2H])c(C([2H])([2H])[2H])c(C(=O)O)c1[2H]. The highest BCUT2D eigenvalue weighted by atomic mass is 35.5. The maximum Gasteiger partial charge on any atom is 0.337 e. The zero-order chi connectivity index (χ0) is 27.1. The Hall–Kier alpha value is -2.33. The number of aromatic carboxylic acids is 2. The highest BCUT2D eigenvalue weighted by Gasteiger charge is 2.10. The number of hydrogen-bond acceptors (Lipinski definition) is 2. The summed E-state index contributed by atoms with van der Waals surface area (Å²) in [5, 5.41) is 17.1. The highest BCUT2D eigenvalue weighted by Crippen LogP contribution is 2.18. The van der Waals surface area contributed by atoms with Crippen molar-refractivity contribution in [1.29, 1.82) is 0 Å². The van der Waals surface area contributed by atoms with Crippen LogP contribution in [-0.4, -0.2) is 22.2 Å². The van der Waals surface area contributed by atoms with Crippen LogP contribution in [0, 0.1) is 13.7 Å². The van der Waals surface area contributed by atoms with Gasteiger partial charge in [-0.25, -0.2) is 9.59 Å². The van der Waals surface area contributed by atoms with Crippen molar-refractivity contribution in [1.82, 2.24) is 0 Å². The molecule has 0 amide bonds. The van der Waals surface area contributed by atoms with Crippen molar-refractivity contribution >= 4 is 23.5 Å². The van der Waals surface area contributed by atoms with Crippen LogP contribution in [0.2, 0.25) is 5.02 Å². The summed E-state index contributed by atoms with van der Waals surface area (Å²) in [6, 6.07) is -5.40. The number of carboxylic acid groups (broad SMARTS) is 2. The van der Waals surface area contributed by atoms with Crippen LogP contribution < -0.4 is 0 Å². The van der Waals surface area contributed by atoms with E-state index in [0.29, 0.717) is 0 Å². The zero-order valence-electron chi connectivity index (χ0n) is 23.1. The number of carbonyl (C=O) groups is 2. The molecule has 2 aromatic carbocycles. The number of halogens is 1. The van der Waals surface area contributed by atoms with Crippen LogP contribution >= 0.6 is 11.6 Å². The molecule has 0 saturated heterocycles. The number of carboxylic acids is 2. The molecule has 4 nitrogen and oxygen atoms in total. The summed E-state index contributed by atoms with van der Waals surface area (Å²) in [6.45, 7) is -5.79. The summed E-state index contributed by atoms with van der Waals surface area (Å²) in [5.74, 6) is -3.33. The van der Waals surface area contributed by atoms with Gasteiger partial charge in [-0.1, -0.05) is 41.8 Å². The molecule has 0 aromatic heterocycles. The van der Waals surface area contributed by atoms with Gasteiger partial charge in [0.2, 0.25) is 0 Å². The molecule has 0 aliphatic rings. The molecule has 0 radical (unpaired) electrons. The lowest BCUT2D eigenvalue weighted by Gasteiger charge is -2.00. The fraction of sp³-hybridized carbons (Fsp3) is 0.125. The van der Waals surface area contributed by atoms with Gasteiger partial charge in [0.05, 0.1) is 25.7 Å². The molecule has 0 bridgehead atoms. The minimum Gasteiger partial charge on any atom is -0.478 e. The first kappa shape index (κ1) is 5.81. The van der Waals surface area contributed by atoms with Crippen LogP contribution in [0.3, 0.4) is 0 Å². The quantitative estimate of drug-likeness (QED) is 0.876. The maximum absolute atomic E-state index is 10.9. The molecule has 0 aliphatic carbocycles. The van der Waals surface area contributed by atoms with Crippen molar-refractivity contribution in [2.24, 2.45) is 0 Å². The fourth-order valence-corrected chi connectivity index (χ4v) is 1.28. The Morgan fingerprint density at radius 3 is 2.19 bits per heavy atom. The first-order valence-electron chi connectivity index (χ1n) is 11.5. The molecule has 21 heavy (non-hydrogen) atoms. The van der Waals surface area contributed by atoms with E-state index in [0.717, 1.165) is 0 Å². The molecule has 2 rings (SSSR count). The normalized spacial score (nSPS) is 19.6. The summed E-state index contributed by atoms with van der Waals surface area (Å²) in [6.07, 6.45) is 0. The maximum atomic E-state index is 10.9. The Morgan fingerprint density at radius 1 is 1.00 bits per heavy atom. The van der Waals surface area contributed by atoms with E-state index in [-0.39, 0.29) is 0 Å². The van der Waals surface area contributed by atoms with Gasteiger partial charge in [-0.15, -0.1) is 0 Å². The second-order valence-electron chi connectivity index (χ2n) is 3.30. The monoisotopic (exact) mass is 319 g/mol. The Labute approximate surface area is 145 Å². The summed E-state index contributed by atoms with van der Waals surface area (Å²) in [5.41, 5.74) is -3.39. The molecule has 0 saturated carbocycles. The average molecular weight is 320 g/mol. The largest absolute Gasteiger partial charge is 0.478 e. The van der Waals surface area contributed by atoms with Crippen LogP contribution in [0.1, 0.15) is 49.7 Å². The van der Waals surface area contributed by atoms with Gasteiger partial charge in [0, 0.05) is 8.22 Å². The summed E-state index contributed by atoms with van der Waals surface area (Å²) in [7, 11) is 0. The van der Waals surface area contributed by atoms with E-state index >= 15 is 0 Å². The smallest absolute Gasteiger partial charge is 0.337 e. The van der Waals surface area contributed by atoms with Crippen LogP contribution in [0.15, 0.2) is 42.3 Å². The average Bonchev–Trinajstić information content (AvgIpc) is 2.67. The molecule has 0 unspecified atom stereocenters. The first-order valence-corrected chi connectivity index (χ1v) is 5.42. The third-order valence-corrected chi connectivity index (χ3v) is 2.23. The lowest BCUT2D eigenvalue weighted by atomic mass is 10.1. The van der Waals surface area contributed by atoms with E-state index in [1.165, 1.54) is 0 Å². The molecule has 0 spiro atoms. The van der Waals surface area contributed by atoms with Crippen LogP contribution in [0.25, 0.3) is 0 Å². The van der Waals surface area contributed by atoms with E-state index < -0.39 is 95.2 Å². The molecular weight excluding hydrogens is 292 g/mol. The molecule has 110 valence electrons. The van der Waals surface area contributed by atoms with Crippen LogP contribution in [-0.2, 0) is 0 Å². The summed E-state index contributed by atoms with van der Waals surface area (Å²) >= 11 is 5.55. The van der Waals surface area contributed by atoms with Crippen molar-refractivity contribution in [2.75, 3.05) is 0 Å². The first-order chi connectivity index (χ1) is 15.2. The predicted molar refractivity (Wildman–Crippen MR) is 81.3 cm³/mol. The summed E-state index contributed by atoms with van der Waals surface area (Å²) < 4.78 is 94.3. The van der Waals surface area contributed by atoms with Crippen molar-refractivity contribution in [3.05, 3.63) is 69.6 Å². The van der Waals surface area contributed by atoms with Gasteiger partial charge >= 0.3 is 11.9 Å². The number of benzene rings is 2. The van der Waals surface area contributed by atoms with E-state index in [9.17, 15) is 9.59 Å². The predicted octanol–water partition coefficient (Wildman–Crippen LogP) is 4.04. The van der Waals surface area contributed by atoms with Gasteiger partial charge in [-0.2, -0.15) is 0 Å². The highest BCUT2D eigenvalue weighted by molar-refractivity contribution is 6.33. The molecule has 5 heteroatoms. The fourth-order valence-electron chi connectivity index (χ4n) is 1.06. The van der Waals surface area contributed by atoms with Crippen molar-refractivity contribution in [2.45, 2.75) is 13.7 Å². The molecule has 2 aromatic rings. The molecule has 0 atom stereocenters.